The summed E-state index contributed by atoms with van der Waals surface area (Å²) in [5.41, 5.74) is 2.38. The van der Waals surface area contributed by atoms with E-state index in [0.29, 0.717) is 18.6 Å². The molecule has 8 unspecified atom stereocenters. The Morgan fingerprint density at radius 1 is 1.00 bits per heavy atom. The van der Waals surface area contributed by atoms with Crippen molar-refractivity contribution in [3.05, 3.63) is 11.6 Å². The van der Waals surface area contributed by atoms with Gasteiger partial charge in [-0.05, 0) is 97.7 Å². The highest BCUT2D eigenvalue weighted by molar-refractivity contribution is 5.72. The number of carbonyl (C=O) groups is 2. The van der Waals surface area contributed by atoms with E-state index in [1.165, 1.54) is 56.3 Å². The van der Waals surface area contributed by atoms with Crippen molar-refractivity contribution in [3.8, 4) is 0 Å². The first kappa shape index (κ1) is 30.6. The van der Waals surface area contributed by atoms with Crippen LogP contribution in [0.15, 0.2) is 11.6 Å². The number of ether oxygens (including phenoxy) is 1. The molecular formula is C33H55NO5. The van der Waals surface area contributed by atoms with Crippen molar-refractivity contribution < 1.29 is 24.5 Å². The molecule has 0 amide bonds. The summed E-state index contributed by atoms with van der Waals surface area (Å²) in [6.07, 6.45) is 16.9. The lowest BCUT2D eigenvalue weighted by molar-refractivity contribution is -0.142. The number of hydrogen-bond donors (Lipinski definition) is 2. The molecule has 2 N–H and O–H groups in total. The monoisotopic (exact) mass is 545 g/mol. The molecule has 0 bridgehead atoms. The van der Waals surface area contributed by atoms with E-state index in [0.717, 1.165) is 54.8 Å². The Kier molecular flexibility index (Phi) is 9.90. The van der Waals surface area contributed by atoms with Crippen LogP contribution >= 0.6 is 0 Å². The van der Waals surface area contributed by atoms with Gasteiger partial charge in [-0.2, -0.15) is 0 Å². The third-order valence-corrected chi connectivity index (χ3v) is 11.7. The molecule has 39 heavy (non-hydrogen) atoms. The lowest BCUT2D eigenvalue weighted by Gasteiger charge is -2.58. The van der Waals surface area contributed by atoms with Crippen molar-refractivity contribution in [2.45, 2.75) is 111 Å². The molecule has 4 aliphatic carbocycles. The number of hydrogen-bond acceptors (Lipinski definition) is 4. The van der Waals surface area contributed by atoms with E-state index in [-0.39, 0.29) is 24.6 Å². The van der Waals surface area contributed by atoms with Gasteiger partial charge in [0.15, 0.2) is 0 Å². The molecule has 6 nitrogen and oxygen atoms in total. The highest BCUT2D eigenvalue weighted by Crippen LogP contribution is 2.67. The van der Waals surface area contributed by atoms with Crippen LogP contribution in [0.4, 0.5) is 0 Å². The average molecular weight is 546 g/mol. The van der Waals surface area contributed by atoms with Gasteiger partial charge in [-0.1, -0.05) is 65.5 Å². The van der Waals surface area contributed by atoms with Crippen molar-refractivity contribution in [2.24, 2.45) is 46.3 Å². The number of allylic oxidation sites excluding steroid dienone is 1. The number of aliphatic carboxylic acids is 2. The van der Waals surface area contributed by atoms with Crippen molar-refractivity contribution >= 4 is 11.9 Å². The summed E-state index contributed by atoms with van der Waals surface area (Å²) in [4.78, 5) is 23.6. The fraction of sp³-hybridized carbons (Fsp3) is 0.879. The van der Waals surface area contributed by atoms with Gasteiger partial charge in [0.05, 0.1) is 25.8 Å². The molecule has 222 valence electrons. The summed E-state index contributed by atoms with van der Waals surface area (Å²) in [5.74, 6) is 3.00. The SMILES string of the molecule is CC(C)CCCC(C)C1CCC2C3CC=C4CC(OCCN(CC(=O)O)CC(=O)O)CCC4(C)C3CCC12C. The van der Waals surface area contributed by atoms with Crippen LogP contribution in [-0.2, 0) is 14.3 Å². The van der Waals surface area contributed by atoms with Crippen LogP contribution in [0.1, 0.15) is 105 Å². The van der Waals surface area contributed by atoms with Crippen molar-refractivity contribution in [2.75, 3.05) is 26.2 Å². The van der Waals surface area contributed by atoms with Gasteiger partial charge in [-0.15, -0.1) is 0 Å². The normalized spacial score (nSPS) is 36.7. The van der Waals surface area contributed by atoms with E-state index in [1.54, 1.807) is 5.57 Å². The van der Waals surface area contributed by atoms with Crippen molar-refractivity contribution in [3.63, 3.8) is 0 Å². The molecule has 3 fully saturated rings. The molecule has 4 rings (SSSR count). The zero-order chi connectivity index (χ0) is 28.4. The fourth-order valence-corrected chi connectivity index (χ4v) is 9.74. The summed E-state index contributed by atoms with van der Waals surface area (Å²) in [6.45, 7) is 12.6. The first-order valence-corrected chi connectivity index (χ1v) is 15.9. The average Bonchev–Trinajstić information content (AvgIpc) is 3.20. The number of carboxylic acids is 2. The minimum atomic E-state index is -1.01. The number of nitrogens with zero attached hydrogens (tertiary/aromatic N) is 1. The Labute approximate surface area is 236 Å². The van der Waals surface area contributed by atoms with Crippen LogP contribution in [0.3, 0.4) is 0 Å². The third-order valence-electron chi connectivity index (χ3n) is 11.7. The molecule has 0 spiro atoms. The molecule has 8 atom stereocenters. The Balaban J connectivity index is 1.35. The summed E-state index contributed by atoms with van der Waals surface area (Å²) >= 11 is 0. The number of fused-ring (bicyclic) bond motifs is 5. The standard InChI is InChI=1S/C33H55NO5/c1-22(2)7-6-8-23(3)27-11-12-28-26-10-9-24-19-25(39-18-17-34(20-30(35)36)21-31(37)38)13-15-32(24,4)29(26)14-16-33(27,28)5/h9,22-23,25-29H,6-8,10-21H2,1-5H3,(H,35,36)(H,37,38). The lowest BCUT2D eigenvalue weighted by atomic mass is 9.47. The van der Waals surface area contributed by atoms with E-state index in [2.05, 4.69) is 40.7 Å². The fourth-order valence-electron chi connectivity index (χ4n) is 9.74. The first-order valence-electron chi connectivity index (χ1n) is 15.9. The van der Waals surface area contributed by atoms with Gasteiger partial charge in [0, 0.05) is 6.54 Å². The Bertz CT molecular complexity index is 885. The molecule has 4 aliphatic rings. The second-order valence-electron chi connectivity index (χ2n) is 14.5. The molecule has 0 aromatic carbocycles. The zero-order valence-electron chi connectivity index (χ0n) is 25.3. The Morgan fingerprint density at radius 2 is 1.72 bits per heavy atom. The van der Waals surface area contributed by atoms with Gasteiger partial charge < -0.3 is 14.9 Å². The van der Waals surface area contributed by atoms with Crippen LogP contribution in [-0.4, -0.2) is 59.4 Å². The van der Waals surface area contributed by atoms with Crippen LogP contribution < -0.4 is 0 Å². The Hall–Kier alpha value is -1.40. The van der Waals surface area contributed by atoms with Gasteiger partial charge in [-0.3, -0.25) is 14.5 Å². The molecule has 0 radical (unpaired) electrons. The van der Waals surface area contributed by atoms with Crippen LogP contribution in [0.5, 0.6) is 0 Å². The second kappa shape index (κ2) is 12.6. The lowest BCUT2D eigenvalue weighted by Crippen LogP contribution is -2.51. The molecule has 6 heteroatoms. The molecule has 0 aliphatic heterocycles. The maximum Gasteiger partial charge on any atom is 0.317 e. The maximum absolute atomic E-state index is 11.1. The molecule has 0 heterocycles. The van der Waals surface area contributed by atoms with E-state index in [9.17, 15) is 9.59 Å². The topological polar surface area (TPSA) is 87.1 Å². The number of rotatable bonds is 13. The smallest absolute Gasteiger partial charge is 0.317 e. The Morgan fingerprint density at radius 3 is 2.38 bits per heavy atom. The highest BCUT2D eigenvalue weighted by atomic mass is 16.5. The van der Waals surface area contributed by atoms with Gasteiger partial charge in [0.25, 0.3) is 0 Å². The molecule has 3 saturated carbocycles. The zero-order valence-corrected chi connectivity index (χ0v) is 25.3. The van der Waals surface area contributed by atoms with Crippen LogP contribution in [0.25, 0.3) is 0 Å². The van der Waals surface area contributed by atoms with E-state index < -0.39 is 11.9 Å². The van der Waals surface area contributed by atoms with E-state index in [1.807, 2.05) is 0 Å². The second-order valence-corrected chi connectivity index (χ2v) is 14.5. The van der Waals surface area contributed by atoms with E-state index in [4.69, 9.17) is 14.9 Å². The molecule has 0 saturated heterocycles. The predicted molar refractivity (Wildman–Crippen MR) is 154 cm³/mol. The van der Waals surface area contributed by atoms with Gasteiger partial charge >= 0.3 is 11.9 Å². The third kappa shape index (κ3) is 6.74. The maximum atomic E-state index is 11.1. The van der Waals surface area contributed by atoms with Gasteiger partial charge in [0.2, 0.25) is 0 Å². The van der Waals surface area contributed by atoms with Gasteiger partial charge in [-0.25, -0.2) is 0 Å². The molecular weight excluding hydrogens is 490 g/mol. The van der Waals surface area contributed by atoms with Gasteiger partial charge in [0.1, 0.15) is 0 Å². The summed E-state index contributed by atoms with van der Waals surface area (Å²) in [6, 6.07) is 0. The number of carboxylic acid groups (broad SMARTS) is 2. The van der Waals surface area contributed by atoms with Crippen LogP contribution in [0, 0.1) is 46.3 Å². The highest BCUT2D eigenvalue weighted by Gasteiger charge is 2.59. The summed E-state index contributed by atoms with van der Waals surface area (Å²) in [5, 5.41) is 18.2. The van der Waals surface area contributed by atoms with Crippen LogP contribution in [0.2, 0.25) is 0 Å². The van der Waals surface area contributed by atoms with Crippen molar-refractivity contribution in [1.29, 1.82) is 0 Å². The minimum absolute atomic E-state index is 0.147. The molecule has 0 aromatic rings. The van der Waals surface area contributed by atoms with Crippen molar-refractivity contribution in [1.82, 2.24) is 4.90 Å². The van der Waals surface area contributed by atoms with E-state index >= 15 is 0 Å². The quantitative estimate of drug-likeness (QED) is 0.245. The molecule has 0 aromatic heterocycles. The first-order chi connectivity index (χ1) is 18.4. The largest absolute Gasteiger partial charge is 0.480 e. The predicted octanol–water partition coefficient (Wildman–Crippen LogP) is 6.88. The summed E-state index contributed by atoms with van der Waals surface area (Å²) < 4.78 is 6.21. The summed E-state index contributed by atoms with van der Waals surface area (Å²) in [7, 11) is 0. The minimum Gasteiger partial charge on any atom is -0.480 e.